The second-order valence-corrected chi connectivity index (χ2v) is 15.0. The summed E-state index contributed by atoms with van der Waals surface area (Å²) in [4.78, 5) is 2.21. The lowest BCUT2D eigenvalue weighted by Crippen LogP contribution is -2.30. The Morgan fingerprint density at radius 1 is 0.578 bits per heavy atom. The first-order valence-corrected chi connectivity index (χ1v) is 15.9. The molecular formula is C41H44BNO2. The topological polar surface area (TPSA) is 43.7 Å². The first-order valence-electron chi connectivity index (χ1n) is 15.9. The van der Waals surface area contributed by atoms with E-state index in [1.54, 1.807) is 6.07 Å². The van der Waals surface area contributed by atoms with Crippen molar-refractivity contribution in [2.24, 2.45) is 0 Å². The van der Waals surface area contributed by atoms with Gasteiger partial charge < -0.3 is 14.9 Å². The summed E-state index contributed by atoms with van der Waals surface area (Å²) in [7, 11) is -1.55. The maximum absolute atomic E-state index is 10.0. The van der Waals surface area contributed by atoms with Crippen LogP contribution in [0.15, 0.2) is 109 Å². The van der Waals surface area contributed by atoms with Crippen LogP contribution in [0, 0.1) is 0 Å². The SMILES string of the molecule is CC(C)(C)c1cc2c(c(C(C)(C)C)c1)C(C)(C)c1cc(N(c3ccc(-c4ccccc4)cc3)c3cccc(B(O)O)c3)ccc1-2. The highest BCUT2D eigenvalue weighted by Crippen LogP contribution is 2.54. The van der Waals surface area contributed by atoms with Crippen LogP contribution in [-0.2, 0) is 16.2 Å². The van der Waals surface area contributed by atoms with E-state index in [1.165, 1.54) is 38.9 Å². The molecule has 0 fully saturated rings. The van der Waals surface area contributed by atoms with Crippen LogP contribution >= 0.6 is 0 Å². The van der Waals surface area contributed by atoms with Crippen LogP contribution in [-0.4, -0.2) is 17.2 Å². The Balaban J connectivity index is 1.53. The summed E-state index contributed by atoms with van der Waals surface area (Å²) in [5.74, 6) is 0. The zero-order valence-electron chi connectivity index (χ0n) is 27.8. The summed E-state index contributed by atoms with van der Waals surface area (Å²) in [5, 5.41) is 20.1. The third-order valence-electron chi connectivity index (χ3n) is 9.32. The maximum atomic E-state index is 10.0. The number of fused-ring (bicyclic) bond motifs is 3. The van der Waals surface area contributed by atoms with Crippen molar-refractivity contribution in [3.05, 3.63) is 131 Å². The van der Waals surface area contributed by atoms with E-state index in [-0.39, 0.29) is 16.2 Å². The van der Waals surface area contributed by atoms with Crippen molar-refractivity contribution in [1.29, 1.82) is 0 Å². The molecule has 4 heteroatoms. The van der Waals surface area contributed by atoms with E-state index in [0.717, 1.165) is 22.6 Å². The van der Waals surface area contributed by atoms with E-state index in [1.807, 2.05) is 24.3 Å². The van der Waals surface area contributed by atoms with Gasteiger partial charge in [-0.1, -0.05) is 128 Å². The molecule has 228 valence electrons. The van der Waals surface area contributed by atoms with Crippen LogP contribution in [0.4, 0.5) is 17.1 Å². The Morgan fingerprint density at radius 2 is 1.20 bits per heavy atom. The van der Waals surface area contributed by atoms with Crippen molar-refractivity contribution >= 4 is 29.6 Å². The summed E-state index contributed by atoms with van der Waals surface area (Å²) in [6.07, 6.45) is 0. The minimum absolute atomic E-state index is 0.00834. The van der Waals surface area contributed by atoms with Crippen LogP contribution < -0.4 is 10.4 Å². The fourth-order valence-electron chi connectivity index (χ4n) is 6.82. The van der Waals surface area contributed by atoms with Crippen LogP contribution in [0.25, 0.3) is 22.3 Å². The van der Waals surface area contributed by atoms with Crippen LogP contribution in [0.5, 0.6) is 0 Å². The molecule has 1 aliphatic carbocycles. The first kappa shape index (κ1) is 30.9. The molecule has 0 aliphatic heterocycles. The van der Waals surface area contributed by atoms with Crippen molar-refractivity contribution in [2.75, 3.05) is 4.90 Å². The van der Waals surface area contributed by atoms with Crippen molar-refractivity contribution < 1.29 is 10.0 Å². The van der Waals surface area contributed by atoms with E-state index >= 15 is 0 Å². The van der Waals surface area contributed by atoms with Crippen LogP contribution in [0.3, 0.4) is 0 Å². The highest BCUT2D eigenvalue weighted by molar-refractivity contribution is 6.58. The highest BCUT2D eigenvalue weighted by Gasteiger charge is 2.41. The number of hydrogen-bond donors (Lipinski definition) is 2. The predicted molar refractivity (Wildman–Crippen MR) is 191 cm³/mol. The largest absolute Gasteiger partial charge is 0.488 e. The van der Waals surface area contributed by atoms with Gasteiger partial charge in [-0.15, -0.1) is 0 Å². The molecular weight excluding hydrogens is 549 g/mol. The fraction of sp³-hybridized carbons (Fsp3) is 0.268. The van der Waals surface area contributed by atoms with Crippen molar-refractivity contribution in [2.45, 2.75) is 71.6 Å². The van der Waals surface area contributed by atoms with Gasteiger partial charge in [0.1, 0.15) is 0 Å². The molecule has 0 saturated carbocycles. The standard InChI is InChI=1S/C41H44BNO2/c1-39(2,3)29-23-35-34-22-21-33(26-36(34)41(7,8)38(35)37(24-29)40(4,5)6)43(32-16-12-15-30(25-32)42(44)45)31-19-17-28(18-20-31)27-13-10-9-11-14-27/h9-26,44-45H,1-8H3. The molecule has 0 heterocycles. The number of rotatable bonds is 5. The summed E-state index contributed by atoms with van der Waals surface area (Å²) < 4.78 is 0. The second kappa shape index (κ2) is 11.0. The van der Waals surface area contributed by atoms with Gasteiger partial charge in [0.15, 0.2) is 0 Å². The predicted octanol–water partition coefficient (Wildman–Crippen LogP) is 9.40. The molecule has 0 aromatic heterocycles. The number of anilines is 3. The lowest BCUT2D eigenvalue weighted by Gasteiger charge is -2.33. The number of benzene rings is 5. The molecule has 2 N–H and O–H groups in total. The average molecular weight is 594 g/mol. The Morgan fingerprint density at radius 3 is 1.82 bits per heavy atom. The lowest BCUT2D eigenvalue weighted by atomic mass is 9.71. The zero-order chi connectivity index (χ0) is 32.3. The van der Waals surface area contributed by atoms with Gasteiger partial charge in [0.2, 0.25) is 0 Å². The Kier molecular flexibility index (Phi) is 7.58. The normalized spacial score (nSPS) is 13.7. The molecule has 0 bridgehead atoms. The maximum Gasteiger partial charge on any atom is 0.488 e. The molecule has 0 spiro atoms. The molecule has 5 aromatic rings. The van der Waals surface area contributed by atoms with Gasteiger partial charge in [-0.3, -0.25) is 0 Å². The smallest absolute Gasteiger partial charge is 0.423 e. The molecule has 0 unspecified atom stereocenters. The van der Waals surface area contributed by atoms with Gasteiger partial charge in [-0.2, -0.15) is 0 Å². The monoisotopic (exact) mass is 593 g/mol. The van der Waals surface area contributed by atoms with E-state index in [4.69, 9.17) is 0 Å². The summed E-state index contributed by atoms with van der Waals surface area (Å²) in [6.45, 7) is 18.6. The minimum Gasteiger partial charge on any atom is -0.423 e. The van der Waals surface area contributed by atoms with Gasteiger partial charge in [0.25, 0.3) is 0 Å². The zero-order valence-corrected chi connectivity index (χ0v) is 27.8. The van der Waals surface area contributed by atoms with Crippen LogP contribution in [0.2, 0.25) is 0 Å². The Bertz CT molecular complexity index is 1860. The number of nitrogens with zero attached hydrogens (tertiary/aromatic N) is 1. The third-order valence-corrected chi connectivity index (χ3v) is 9.32. The molecule has 0 amide bonds. The van der Waals surface area contributed by atoms with Gasteiger partial charge in [0.05, 0.1) is 0 Å². The van der Waals surface area contributed by atoms with E-state index in [9.17, 15) is 10.0 Å². The Hall–Kier alpha value is -4.12. The third kappa shape index (κ3) is 5.62. The van der Waals surface area contributed by atoms with E-state index in [0.29, 0.717) is 5.46 Å². The van der Waals surface area contributed by atoms with E-state index in [2.05, 4.69) is 139 Å². The highest BCUT2D eigenvalue weighted by atomic mass is 16.4. The van der Waals surface area contributed by atoms with Crippen molar-refractivity contribution in [3.8, 4) is 22.3 Å². The molecule has 0 radical (unpaired) electrons. The summed E-state index contributed by atoms with van der Waals surface area (Å²) in [6, 6.07) is 38.2. The van der Waals surface area contributed by atoms with Crippen LogP contribution in [0.1, 0.15) is 77.6 Å². The average Bonchev–Trinajstić information content (AvgIpc) is 3.23. The minimum atomic E-state index is -1.55. The molecule has 0 saturated heterocycles. The molecule has 45 heavy (non-hydrogen) atoms. The molecule has 5 aromatic carbocycles. The van der Waals surface area contributed by atoms with Crippen molar-refractivity contribution in [3.63, 3.8) is 0 Å². The fourth-order valence-corrected chi connectivity index (χ4v) is 6.82. The molecule has 3 nitrogen and oxygen atoms in total. The van der Waals surface area contributed by atoms with Gasteiger partial charge in [0, 0.05) is 22.5 Å². The van der Waals surface area contributed by atoms with Gasteiger partial charge >= 0.3 is 7.12 Å². The summed E-state index contributed by atoms with van der Waals surface area (Å²) >= 11 is 0. The molecule has 0 atom stereocenters. The number of hydrogen-bond acceptors (Lipinski definition) is 3. The van der Waals surface area contributed by atoms with E-state index < -0.39 is 7.12 Å². The molecule has 6 rings (SSSR count). The second-order valence-electron chi connectivity index (χ2n) is 15.0. The van der Waals surface area contributed by atoms with Gasteiger partial charge in [-0.05, 0) is 97.2 Å². The quantitative estimate of drug-likeness (QED) is 0.200. The lowest BCUT2D eigenvalue weighted by molar-refractivity contribution is 0.426. The molecule has 1 aliphatic rings. The Labute approximate surface area is 269 Å². The van der Waals surface area contributed by atoms with Gasteiger partial charge in [-0.25, -0.2) is 0 Å². The summed E-state index contributed by atoms with van der Waals surface area (Å²) in [5.41, 5.74) is 13.6. The van der Waals surface area contributed by atoms with Crippen molar-refractivity contribution in [1.82, 2.24) is 0 Å². The first-order chi connectivity index (χ1) is 21.2.